The fourth-order valence-corrected chi connectivity index (χ4v) is 8.35. The van der Waals surface area contributed by atoms with E-state index in [-0.39, 0.29) is 0 Å². The van der Waals surface area contributed by atoms with Gasteiger partial charge in [-0.05, 0) is 71.5 Å². The van der Waals surface area contributed by atoms with Crippen molar-refractivity contribution in [1.29, 1.82) is 0 Å². The summed E-state index contributed by atoms with van der Waals surface area (Å²) in [5.74, 6) is 0.311. The van der Waals surface area contributed by atoms with Crippen molar-refractivity contribution in [1.82, 2.24) is 19.9 Å². The molecule has 0 saturated heterocycles. The summed E-state index contributed by atoms with van der Waals surface area (Å²) in [6, 6.07) is 47.3. The van der Waals surface area contributed by atoms with Gasteiger partial charge in [0.15, 0.2) is 0 Å². The molecule has 264 valence electrons. The first-order valence-corrected chi connectivity index (χ1v) is 19.4. The molecule has 0 amide bonds. The molecule has 5 heterocycles. The smallest absolute Gasteiger partial charge is 0.0737 e. The first kappa shape index (κ1) is 33.6. The molecule has 6 aromatic rings. The van der Waals surface area contributed by atoms with E-state index in [0.717, 1.165) is 80.0 Å². The quantitative estimate of drug-likeness (QED) is 0.147. The number of aromatic nitrogens is 4. The highest BCUT2D eigenvalue weighted by atomic mass is 14.8. The van der Waals surface area contributed by atoms with Crippen molar-refractivity contribution in [3.63, 3.8) is 0 Å². The van der Waals surface area contributed by atoms with Crippen LogP contribution in [0.1, 0.15) is 79.1 Å². The summed E-state index contributed by atoms with van der Waals surface area (Å²) in [5.41, 5.74) is 17.4. The number of nitrogens with one attached hydrogen (secondary N) is 2. The Morgan fingerprint density at radius 1 is 0.463 bits per heavy atom. The normalized spacial score (nSPS) is 14.0. The highest BCUT2D eigenvalue weighted by molar-refractivity contribution is 5.96. The molecule has 0 radical (unpaired) electrons. The third kappa shape index (κ3) is 6.49. The topological polar surface area (TPSA) is 57.4 Å². The second kappa shape index (κ2) is 15.0. The van der Waals surface area contributed by atoms with Crippen LogP contribution in [-0.4, -0.2) is 19.9 Å². The summed E-state index contributed by atoms with van der Waals surface area (Å²) in [6.45, 7) is 2.29. The molecule has 4 nitrogen and oxygen atoms in total. The molecule has 9 rings (SSSR count). The van der Waals surface area contributed by atoms with Crippen molar-refractivity contribution in [2.75, 3.05) is 0 Å². The average Bonchev–Trinajstić information content (AvgIpc) is 4.06. The minimum Gasteiger partial charge on any atom is -0.361 e. The highest BCUT2D eigenvalue weighted by Crippen LogP contribution is 2.43. The van der Waals surface area contributed by atoms with E-state index < -0.39 is 0 Å². The van der Waals surface area contributed by atoms with E-state index in [0.29, 0.717) is 5.92 Å². The van der Waals surface area contributed by atoms with Gasteiger partial charge < -0.3 is 9.97 Å². The van der Waals surface area contributed by atoms with Gasteiger partial charge in [-0.1, -0.05) is 154 Å². The molecule has 2 aromatic heterocycles. The van der Waals surface area contributed by atoms with Crippen LogP contribution in [0.2, 0.25) is 0 Å². The molecule has 0 aliphatic carbocycles. The summed E-state index contributed by atoms with van der Waals surface area (Å²) in [5, 5.41) is 0. The summed E-state index contributed by atoms with van der Waals surface area (Å²) < 4.78 is 0. The van der Waals surface area contributed by atoms with E-state index in [1.54, 1.807) is 0 Å². The highest BCUT2D eigenvalue weighted by Gasteiger charge is 2.28. The Morgan fingerprint density at radius 2 is 0.889 bits per heavy atom. The summed E-state index contributed by atoms with van der Waals surface area (Å²) in [7, 11) is 0. The third-order valence-electron chi connectivity index (χ3n) is 10.9. The molecule has 0 saturated carbocycles. The van der Waals surface area contributed by atoms with Gasteiger partial charge >= 0.3 is 0 Å². The van der Waals surface area contributed by atoms with Gasteiger partial charge in [0.2, 0.25) is 0 Å². The number of hydrogen-bond donors (Lipinski definition) is 2. The molecule has 3 aliphatic heterocycles. The lowest BCUT2D eigenvalue weighted by molar-refractivity contribution is 0.562. The van der Waals surface area contributed by atoms with E-state index >= 15 is 0 Å². The van der Waals surface area contributed by atoms with Crippen LogP contribution in [0, 0.1) is 0 Å². The van der Waals surface area contributed by atoms with Gasteiger partial charge in [-0.25, -0.2) is 9.97 Å². The predicted molar refractivity (Wildman–Crippen MR) is 227 cm³/mol. The van der Waals surface area contributed by atoms with Gasteiger partial charge in [0.1, 0.15) is 0 Å². The van der Waals surface area contributed by atoms with Gasteiger partial charge in [-0.2, -0.15) is 0 Å². The largest absolute Gasteiger partial charge is 0.361 e. The van der Waals surface area contributed by atoms with Gasteiger partial charge in [-0.3, -0.25) is 0 Å². The molecule has 0 spiro atoms. The van der Waals surface area contributed by atoms with Crippen LogP contribution in [0.4, 0.5) is 0 Å². The minimum absolute atomic E-state index is 0.311. The van der Waals surface area contributed by atoms with E-state index in [1.165, 1.54) is 48.2 Å². The maximum Gasteiger partial charge on any atom is 0.0737 e. The van der Waals surface area contributed by atoms with Crippen molar-refractivity contribution in [2.24, 2.45) is 0 Å². The molecular formula is C50H44N4. The number of rotatable bonds is 9. The first-order chi connectivity index (χ1) is 26.7. The molecular weight excluding hydrogens is 657 g/mol. The number of nitrogens with zero attached hydrogens (tertiary/aromatic N) is 2. The zero-order chi connectivity index (χ0) is 36.3. The predicted octanol–water partition coefficient (Wildman–Crippen LogP) is 13.3. The Hall–Kier alpha value is -6.26. The minimum atomic E-state index is 0.311. The summed E-state index contributed by atoms with van der Waals surface area (Å²) in [6.07, 6.45) is 15.7. The van der Waals surface area contributed by atoms with Crippen LogP contribution in [0.25, 0.3) is 79.8 Å². The zero-order valence-electron chi connectivity index (χ0n) is 30.7. The number of benzene rings is 4. The van der Waals surface area contributed by atoms with Crippen molar-refractivity contribution in [3.8, 4) is 44.5 Å². The third-order valence-corrected chi connectivity index (χ3v) is 10.9. The van der Waals surface area contributed by atoms with Crippen molar-refractivity contribution in [2.45, 2.75) is 51.4 Å². The van der Waals surface area contributed by atoms with E-state index in [1.807, 2.05) is 0 Å². The number of fused-ring (bicyclic) bond motifs is 8. The molecule has 4 aromatic carbocycles. The van der Waals surface area contributed by atoms with Gasteiger partial charge in [0.25, 0.3) is 0 Å². The lowest BCUT2D eigenvalue weighted by Crippen LogP contribution is -2.01. The average molecular weight is 701 g/mol. The van der Waals surface area contributed by atoms with Crippen LogP contribution in [-0.2, 0) is 6.42 Å². The van der Waals surface area contributed by atoms with Crippen molar-refractivity contribution < 1.29 is 0 Å². The second-order valence-electron chi connectivity index (χ2n) is 14.4. The number of H-pyrrole nitrogens is 2. The lowest BCUT2D eigenvalue weighted by atomic mass is 9.88. The molecule has 3 aliphatic rings. The van der Waals surface area contributed by atoms with Crippen LogP contribution in [0.15, 0.2) is 133 Å². The van der Waals surface area contributed by atoms with Crippen LogP contribution >= 0.6 is 0 Å². The van der Waals surface area contributed by atoms with Gasteiger partial charge in [0, 0.05) is 50.6 Å². The van der Waals surface area contributed by atoms with Crippen molar-refractivity contribution >= 4 is 35.3 Å². The Labute approximate surface area is 317 Å². The first-order valence-electron chi connectivity index (χ1n) is 19.4. The maximum absolute atomic E-state index is 5.53. The fourth-order valence-electron chi connectivity index (χ4n) is 8.35. The molecule has 0 fully saturated rings. The van der Waals surface area contributed by atoms with Crippen LogP contribution in [0.3, 0.4) is 0 Å². The lowest BCUT2D eigenvalue weighted by Gasteiger charge is -2.15. The molecule has 8 bridgehead atoms. The summed E-state index contributed by atoms with van der Waals surface area (Å²) in [4.78, 5) is 19.0. The Balaban J connectivity index is 1.44. The number of unbranched alkanes of at least 4 members (excludes halogenated alkanes) is 3. The molecule has 1 unspecified atom stereocenters. The fraction of sp³-hybridized carbons (Fsp3) is 0.160. The van der Waals surface area contributed by atoms with Crippen LogP contribution in [0.5, 0.6) is 0 Å². The Bertz CT molecular complexity index is 2540. The molecule has 1 atom stereocenters. The molecule has 54 heavy (non-hydrogen) atoms. The van der Waals surface area contributed by atoms with E-state index in [9.17, 15) is 0 Å². The Morgan fingerprint density at radius 3 is 1.37 bits per heavy atom. The summed E-state index contributed by atoms with van der Waals surface area (Å²) >= 11 is 0. The SMILES string of the molecule is CCCCCCC1Cc2[nH]c1c(-c1ccccc1)c1nc(c(-c3ccccc3)c3ccc([nH]3)c(-c3ccccc3)c3nc(c2-c2ccccc2)C=C3)C=C1. The van der Waals surface area contributed by atoms with Gasteiger partial charge in [0.05, 0.1) is 22.8 Å². The number of hydrogen-bond acceptors (Lipinski definition) is 2. The second-order valence-corrected chi connectivity index (χ2v) is 14.4. The van der Waals surface area contributed by atoms with E-state index in [2.05, 4.69) is 175 Å². The zero-order valence-corrected chi connectivity index (χ0v) is 30.7. The van der Waals surface area contributed by atoms with Gasteiger partial charge in [-0.15, -0.1) is 0 Å². The standard InChI is InChI=1S/C50H44N4/c1-2-3-4-9-26-38-33-45-48(36-22-14-7-15-23-36)43-30-29-41(52-43)46(34-18-10-5-11-19-34)39-27-28-40(51-39)47(35-20-12-6-13-21-35)42-31-32-44(53-42)49(50(38)54-45)37-24-16-8-17-25-37/h5-8,10-25,27-32,38,51,54H,2-4,9,26,33H2,1H3. The van der Waals surface area contributed by atoms with Crippen LogP contribution < -0.4 is 0 Å². The molecule has 4 heteroatoms. The Kier molecular flexibility index (Phi) is 9.32. The maximum atomic E-state index is 5.53. The molecule has 2 N–H and O–H groups in total. The monoisotopic (exact) mass is 700 g/mol. The van der Waals surface area contributed by atoms with Crippen molar-refractivity contribution in [3.05, 3.63) is 168 Å². The number of aromatic amines is 2. The van der Waals surface area contributed by atoms with E-state index in [4.69, 9.17) is 9.97 Å².